The third kappa shape index (κ3) is 11.0. The summed E-state index contributed by atoms with van der Waals surface area (Å²) in [6.07, 6.45) is -0.818. The Morgan fingerprint density at radius 1 is 0.621 bits per heavy atom. The van der Waals surface area contributed by atoms with E-state index in [1.807, 2.05) is 0 Å². The van der Waals surface area contributed by atoms with Crippen LogP contribution in [0.25, 0.3) is 0 Å². The Morgan fingerprint density at radius 3 is 1.34 bits per heavy atom. The first kappa shape index (κ1) is 26.2. The molecule has 0 radical (unpaired) electrons. The maximum atomic E-state index is 12.5. The summed E-state index contributed by atoms with van der Waals surface area (Å²) in [5, 5.41) is 35.9. The zero-order valence-corrected chi connectivity index (χ0v) is 16.0. The molecule has 4 amide bonds. The van der Waals surface area contributed by atoms with E-state index >= 15 is 0 Å². The minimum Gasteiger partial charge on any atom is -0.481 e. The van der Waals surface area contributed by atoms with Crippen LogP contribution in [0.4, 0.5) is 0 Å². The van der Waals surface area contributed by atoms with Gasteiger partial charge in [-0.1, -0.05) is 0 Å². The molecular formula is C16H28N4O9. The fraction of sp³-hybridized carbons (Fsp3) is 0.688. The molecule has 0 rings (SSSR count). The number of nitrogens with zero attached hydrogens (tertiary/aromatic N) is 3. The Morgan fingerprint density at radius 2 is 1.00 bits per heavy atom. The average molecular weight is 420 g/mol. The van der Waals surface area contributed by atoms with Gasteiger partial charge in [0.25, 0.3) is 0 Å². The highest BCUT2D eigenvalue weighted by Crippen LogP contribution is 2.02. The third-order valence-corrected chi connectivity index (χ3v) is 3.72. The number of primary amides is 1. The van der Waals surface area contributed by atoms with Gasteiger partial charge in [0, 0.05) is 26.1 Å². The summed E-state index contributed by atoms with van der Waals surface area (Å²) in [7, 11) is 0. The van der Waals surface area contributed by atoms with Crippen molar-refractivity contribution in [3.8, 4) is 0 Å². The van der Waals surface area contributed by atoms with E-state index in [-0.39, 0.29) is 26.1 Å². The predicted octanol–water partition coefficient (Wildman–Crippen LogP) is -4.20. The van der Waals surface area contributed by atoms with Gasteiger partial charge >= 0.3 is 5.97 Å². The number of aliphatic hydroxyl groups is 3. The fourth-order valence-electron chi connectivity index (χ4n) is 2.32. The second-order valence-electron chi connectivity index (χ2n) is 5.98. The van der Waals surface area contributed by atoms with Crippen LogP contribution in [-0.4, -0.2) is 124 Å². The summed E-state index contributed by atoms with van der Waals surface area (Å²) < 4.78 is 0. The van der Waals surface area contributed by atoms with Crippen LogP contribution in [0.15, 0.2) is 0 Å². The Kier molecular flexibility index (Phi) is 12.9. The molecule has 29 heavy (non-hydrogen) atoms. The first-order valence-electron chi connectivity index (χ1n) is 8.82. The molecule has 6 N–H and O–H groups in total. The van der Waals surface area contributed by atoms with Gasteiger partial charge < -0.3 is 40.9 Å². The summed E-state index contributed by atoms with van der Waals surface area (Å²) >= 11 is 0. The number of aliphatic carboxylic acids is 1. The van der Waals surface area contributed by atoms with Crippen LogP contribution < -0.4 is 5.73 Å². The highest BCUT2D eigenvalue weighted by atomic mass is 16.4. The Labute approximate surface area is 167 Å². The van der Waals surface area contributed by atoms with Gasteiger partial charge in [0.2, 0.25) is 23.6 Å². The van der Waals surface area contributed by atoms with Gasteiger partial charge in [0.15, 0.2) is 0 Å². The van der Waals surface area contributed by atoms with Crippen LogP contribution in [0.2, 0.25) is 0 Å². The third-order valence-electron chi connectivity index (χ3n) is 3.72. The molecule has 0 saturated carbocycles. The Bertz CT molecular complexity index is 585. The summed E-state index contributed by atoms with van der Waals surface area (Å²) in [4.78, 5) is 61.4. The van der Waals surface area contributed by atoms with E-state index in [1.54, 1.807) is 0 Å². The van der Waals surface area contributed by atoms with Crippen molar-refractivity contribution in [2.24, 2.45) is 5.73 Å². The van der Waals surface area contributed by atoms with Crippen molar-refractivity contribution in [2.75, 3.05) is 59.1 Å². The second-order valence-corrected chi connectivity index (χ2v) is 5.98. The highest BCUT2D eigenvalue weighted by Gasteiger charge is 2.25. The summed E-state index contributed by atoms with van der Waals surface area (Å²) in [6, 6.07) is 0. The number of hydrogen-bond donors (Lipinski definition) is 5. The minimum atomic E-state index is -1.19. The summed E-state index contributed by atoms with van der Waals surface area (Å²) in [5.41, 5.74) is 5.05. The van der Waals surface area contributed by atoms with Crippen LogP contribution in [0.5, 0.6) is 0 Å². The summed E-state index contributed by atoms with van der Waals surface area (Å²) in [6.45, 7) is -3.58. The lowest BCUT2D eigenvalue weighted by molar-refractivity contribution is -0.146. The Balaban J connectivity index is 5.15. The molecular weight excluding hydrogens is 392 g/mol. The molecule has 13 nitrogen and oxygen atoms in total. The number of amides is 4. The average Bonchev–Trinajstić information content (AvgIpc) is 2.64. The van der Waals surface area contributed by atoms with Gasteiger partial charge in [-0.15, -0.1) is 0 Å². The van der Waals surface area contributed by atoms with Gasteiger partial charge in [-0.25, -0.2) is 0 Å². The number of carbonyl (C=O) groups is 5. The van der Waals surface area contributed by atoms with Crippen LogP contribution >= 0.6 is 0 Å². The molecule has 0 bridgehead atoms. The van der Waals surface area contributed by atoms with Crippen LogP contribution in [0.3, 0.4) is 0 Å². The van der Waals surface area contributed by atoms with Gasteiger partial charge in [0.1, 0.15) is 0 Å². The van der Waals surface area contributed by atoms with E-state index in [9.17, 15) is 24.0 Å². The predicted molar refractivity (Wildman–Crippen MR) is 97.1 cm³/mol. The van der Waals surface area contributed by atoms with Crippen molar-refractivity contribution in [2.45, 2.75) is 12.8 Å². The molecule has 0 fully saturated rings. The van der Waals surface area contributed by atoms with Gasteiger partial charge in [0.05, 0.1) is 45.9 Å². The molecule has 0 heterocycles. The maximum absolute atomic E-state index is 12.5. The van der Waals surface area contributed by atoms with E-state index in [0.29, 0.717) is 0 Å². The molecule has 0 aliphatic rings. The molecule has 0 spiro atoms. The number of aliphatic hydroxyl groups excluding tert-OH is 3. The fourth-order valence-corrected chi connectivity index (χ4v) is 2.32. The molecule has 0 aliphatic carbocycles. The lowest BCUT2D eigenvalue weighted by Gasteiger charge is -2.28. The molecule has 0 aliphatic heterocycles. The van der Waals surface area contributed by atoms with Gasteiger partial charge in [-0.05, 0) is 0 Å². The lowest BCUT2D eigenvalue weighted by Crippen LogP contribution is -2.50. The zero-order valence-electron chi connectivity index (χ0n) is 16.0. The monoisotopic (exact) mass is 420 g/mol. The van der Waals surface area contributed by atoms with Crippen molar-refractivity contribution < 1.29 is 44.4 Å². The number of nitrogens with two attached hydrogens (primary N) is 1. The number of carbonyl (C=O) groups excluding carboxylic acids is 4. The molecule has 13 heteroatoms. The van der Waals surface area contributed by atoms with E-state index < -0.39 is 75.5 Å². The number of carboxylic acid groups (broad SMARTS) is 1. The molecule has 0 atom stereocenters. The molecule has 0 unspecified atom stereocenters. The van der Waals surface area contributed by atoms with Gasteiger partial charge in [-0.3, -0.25) is 24.0 Å². The molecule has 0 aromatic heterocycles. The normalized spacial score (nSPS) is 10.3. The number of carboxylic acids is 1. The largest absolute Gasteiger partial charge is 0.481 e. The van der Waals surface area contributed by atoms with Gasteiger partial charge in [-0.2, -0.15) is 0 Å². The molecule has 0 aromatic carbocycles. The van der Waals surface area contributed by atoms with Crippen LogP contribution in [0, 0.1) is 0 Å². The van der Waals surface area contributed by atoms with Crippen LogP contribution in [-0.2, 0) is 24.0 Å². The summed E-state index contributed by atoms with van der Waals surface area (Å²) in [5.74, 6) is -4.11. The van der Waals surface area contributed by atoms with Crippen LogP contribution in [0.1, 0.15) is 12.8 Å². The zero-order chi connectivity index (χ0) is 22.4. The van der Waals surface area contributed by atoms with Crippen molar-refractivity contribution in [3.63, 3.8) is 0 Å². The number of hydrogen-bond acceptors (Lipinski definition) is 8. The van der Waals surface area contributed by atoms with Crippen molar-refractivity contribution in [1.29, 1.82) is 0 Å². The van der Waals surface area contributed by atoms with E-state index in [4.69, 9.17) is 26.2 Å². The topological polar surface area (TPSA) is 202 Å². The van der Waals surface area contributed by atoms with Crippen molar-refractivity contribution in [3.05, 3.63) is 0 Å². The molecule has 0 saturated heterocycles. The molecule has 0 aromatic rings. The maximum Gasteiger partial charge on any atom is 0.303 e. The standard InChI is InChI=1S/C16H28N4O9/c17-12(24)9-18(3-6-21)14(26)11-20(5-8-23)15(27)10-19(4-7-22)13(25)1-2-16(28)29/h21-23H,1-11H2,(H2,17,24)(H,28,29). The first-order chi connectivity index (χ1) is 13.7. The second kappa shape index (κ2) is 14.3. The highest BCUT2D eigenvalue weighted by molar-refractivity contribution is 5.90. The smallest absolute Gasteiger partial charge is 0.303 e. The van der Waals surface area contributed by atoms with E-state index in [2.05, 4.69) is 0 Å². The molecule has 166 valence electrons. The van der Waals surface area contributed by atoms with Crippen molar-refractivity contribution in [1.82, 2.24) is 14.7 Å². The first-order valence-corrected chi connectivity index (χ1v) is 8.82. The lowest BCUT2D eigenvalue weighted by atomic mass is 10.2. The minimum absolute atomic E-state index is 0.187. The quantitative estimate of drug-likeness (QED) is 0.174. The van der Waals surface area contributed by atoms with E-state index in [1.165, 1.54) is 0 Å². The van der Waals surface area contributed by atoms with Crippen molar-refractivity contribution >= 4 is 29.6 Å². The number of rotatable bonds is 15. The van der Waals surface area contributed by atoms with E-state index in [0.717, 1.165) is 14.7 Å². The Hall–Kier alpha value is -2.77. The SMILES string of the molecule is NC(=O)CN(CCO)C(=O)CN(CCO)C(=O)CN(CCO)C(=O)CCC(=O)O.